The lowest BCUT2D eigenvalue weighted by molar-refractivity contribution is -0.0455. The molecule has 1 saturated heterocycles. The van der Waals surface area contributed by atoms with Gasteiger partial charge in [-0.3, -0.25) is 4.99 Å². The maximum atomic E-state index is 11.8. The molecule has 9 heteroatoms. The maximum Gasteiger partial charge on any atom is 0.241 e. The van der Waals surface area contributed by atoms with E-state index in [-0.39, 0.29) is 10.6 Å². The molecule has 23 heavy (non-hydrogen) atoms. The third kappa shape index (κ3) is 3.32. The van der Waals surface area contributed by atoms with Crippen molar-refractivity contribution in [1.29, 1.82) is 0 Å². The van der Waals surface area contributed by atoms with Crippen LogP contribution in [0.25, 0.3) is 0 Å². The number of methoxy groups -OCH3 is 1. The van der Waals surface area contributed by atoms with E-state index in [1.807, 2.05) is 13.8 Å². The highest BCUT2D eigenvalue weighted by Gasteiger charge is 2.44. The standard InChI is InChI=1S/C14H21N3O4S2/c1-4-16-13-17(5-2)14(18,9-22-13)10-6-7-11(21-3)12(8-10)23(15,19)20/h6-8,18H,4-5,9H2,1-3H3,(H2,15,19,20). The zero-order valence-electron chi connectivity index (χ0n) is 13.3. The van der Waals surface area contributed by atoms with Crippen LogP contribution in [-0.4, -0.2) is 49.5 Å². The van der Waals surface area contributed by atoms with Crippen molar-refractivity contribution in [1.82, 2.24) is 4.90 Å². The van der Waals surface area contributed by atoms with E-state index in [2.05, 4.69) is 4.99 Å². The summed E-state index contributed by atoms with van der Waals surface area (Å²) in [5.41, 5.74) is -0.892. The second kappa shape index (κ2) is 6.68. The fourth-order valence-corrected chi connectivity index (χ4v) is 4.56. The number of hydrogen-bond donors (Lipinski definition) is 2. The number of ether oxygens (including phenoxy) is 1. The van der Waals surface area contributed by atoms with Gasteiger partial charge < -0.3 is 14.7 Å². The Bertz CT molecular complexity index is 721. The molecule has 0 saturated carbocycles. The van der Waals surface area contributed by atoms with Crippen LogP contribution in [-0.2, 0) is 15.7 Å². The van der Waals surface area contributed by atoms with Crippen LogP contribution < -0.4 is 9.88 Å². The van der Waals surface area contributed by atoms with Gasteiger partial charge in [0, 0.05) is 18.7 Å². The molecule has 3 N–H and O–H groups in total. The zero-order valence-corrected chi connectivity index (χ0v) is 14.9. The second-order valence-corrected chi connectivity index (χ2v) is 7.49. The molecule has 1 aromatic carbocycles. The molecule has 128 valence electrons. The van der Waals surface area contributed by atoms with Gasteiger partial charge in [0.1, 0.15) is 10.6 Å². The smallest absolute Gasteiger partial charge is 0.241 e. The molecule has 1 heterocycles. The van der Waals surface area contributed by atoms with Gasteiger partial charge in [-0.2, -0.15) is 0 Å². The summed E-state index contributed by atoms with van der Waals surface area (Å²) < 4.78 is 28.6. The minimum absolute atomic E-state index is 0.146. The van der Waals surface area contributed by atoms with Crippen LogP contribution in [0.2, 0.25) is 0 Å². The summed E-state index contributed by atoms with van der Waals surface area (Å²) in [5.74, 6) is 0.506. The maximum absolute atomic E-state index is 11.8. The van der Waals surface area contributed by atoms with Gasteiger partial charge in [-0.05, 0) is 26.0 Å². The van der Waals surface area contributed by atoms with Crippen molar-refractivity contribution >= 4 is 27.0 Å². The Balaban J connectivity index is 2.55. The van der Waals surface area contributed by atoms with Gasteiger partial charge in [0.2, 0.25) is 10.0 Å². The van der Waals surface area contributed by atoms with E-state index in [4.69, 9.17) is 9.88 Å². The van der Waals surface area contributed by atoms with Crippen molar-refractivity contribution in [3.8, 4) is 5.75 Å². The molecule has 1 aliphatic rings. The van der Waals surface area contributed by atoms with Crippen LogP contribution in [0.3, 0.4) is 0 Å². The summed E-state index contributed by atoms with van der Waals surface area (Å²) in [6, 6.07) is 4.51. The summed E-state index contributed by atoms with van der Waals surface area (Å²) in [6.45, 7) is 4.98. The Labute approximate surface area is 140 Å². The number of thioether (sulfide) groups is 1. The highest BCUT2D eigenvalue weighted by Crippen LogP contribution is 2.40. The van der Waals surface area contributed by atoms with Gasteiger partial charge in [-0.1, -0.05) is 17.8 Å². The number of nitrogens with zero attached hydrogens (tertiary/aromatic N) is 2. The quantitative estimate of drug-likeness (QED) is 0.810. The normalized spacial score (nSPS) is 23.5. The largest absolute Gasteiger partial charge is 0.495 e. The van der Waals surface area contributed by atoms with Crippen LogP contribution in [0, 0.1) is 0 Å². The third-order valence-corrected chi connectivity index (χ3v) is 5.71. The Morgan fingerprint density at radius 2 is 2.17 bits per heavy atom. The lowest BCUT2D eigenvalue weighted by atomic mass is 10.0. The first-order chi connectivity index (χ1) is 10.8. The summed E-state index contributed by atoms with van der Waals surface area (Å²) in [7, 11) is -2.59. The van der Waals surface area contributed by atoms with Gasteiger partial charge in [-0.25, -0.2) is 13.6 Å². The van der Waals surface area contributed by atoms with Gasteiger partial charge in [0.05, 0.1) is 12.9 Å². The predicted molar refractivity (Wildman–Crippen MR) is 91.1 cm³/mol. The average molecular weight is 359 g/mol. The van der Waals surface area contributed by atoms with Crippen molar-refractivity contribution in [2.45, 2.75) is 24.5 Å². The number of hydrogen-bond acceptors (Lipinski definition) is 6. The molecular formula is C14H21N3O4S2. The van der Waals surface area contributed by atoms with Gasteiger partial charge in [-0.15, -0.1) is 0 Å². The predicted octanol–water partition coefficient (Wildman–Crippen LogP) is 0.932. The van der Waals surface area contributed by atoms with Crippen molar-refractivity contribution < 1.29 is 18.3 Å². The molecule has 1 aromatic rings. The van der Waals surface area contributed by atoms with E-state index in [0.29, 0.717) is 24.4 Å². The van der Waals surface area contributed by atoms with Crippen molar-refractivity contribution in [2.75, 3.05) is 26.0 Å². The lowest BCUT2D eigenvalue weighted by Gasteiger charge is -2.34. The van der Waals surface area contributed by atoms with Crippen LogP contribution in [0.4, 0.5) is 0 Å². The van der Waals surface area contributed by atoms with Gasteiger partial charge in [0.15, 0.2) is 10.9 Å². The Morgan fingerprint density at radius 1 is 1.48 bits per heavy atom. The highest BCUT2D eigenvalue weighted by molar-refractivity contribution is 8.14. The topological polar surface area (TPSA) is 105 Å². The number of aliphatic hydroxyl groups is 1. The van der Waals surface area contributed by atoms with E-state index < -0.39 is 15.7 Å². The molecule has 1 fully saturated rings. The van der Waals surface area contributed by atoms with E-state index in [1.54, 1.807) is 11.0 Å². The van der Waals surface area contributed by atoms with Crippen LogP contribution >= 0.6 is 11.8 Å². The highest BCUT2D eigenvalue weighted by atomic mass is 32.2. The third-order valence-electron chi connectivity index (χ3n) is 3.62. The minimum Gasteiger partial charge on any atom is -0.495 e. The number of amidine groups is 1. The first-order valence-corrected chi connectivity index (χ1v) is 9.69. The zero-order chi connectivity index (χ0) is 17.3. The number of benzene rings is 1. The van der Waals surface area contributed by atoms with Gasteiger partial charge in [0.25, 0.3) is 0 Å². The fraction of sp³-hybridized carbons (Fsp3) is 0.500. The summed E-state index contributed by atoms with van der Waals surface area (Å²) in [4.78, 5) is 5.99. The molecule has 2 rings (SSSR count). The Kier molecular flexibility index (Phi) is 5.24. The molecule has 1 unspecified atom stereocenters. The van der Waals surface area contributed by atoms with Crippen LogP contribution in [0.5, 0.6) is 5.75 Å². The van der Waals surface area contributed by atoms with E-state index >= 15 is 0 Å². The van der Waals surface area contributed by atoms with E-state index in [9.17, 15) is 13.5 Å². The first kappa shape index (κ1) is 18.1. The van der Waals surface area contributed by atoms with Crippen molar-refractivity contribution in [2.24, 2.45) is 10.1 Å². The Morgan fingerprint density at radius 3 is 2.70 bits per heavy atom. The average Bonchev–Trinajstić information content (AvgIpc) is 2.83. The molecule has 0 aliphatic carbocycles. The van der Waals surface area contributed by atoms with Gasteiger partial charge >= 0.3 is 0 Å². The molecule has 1 aliphatic heterocycles. The summed E-state index contributed by atoms with van der Waals surface area (Å²) >= 11 is 1.44. The van der Waals surface area contributed by atoms with Crippen molar-refractivity contribution in [3.63, 3.8) is 0 Å². The second-order valence-electron chi connectivity index (χ2n) is 5.02. The number of rotatable bonds is 5. The van der Waals surface area contributed by atoms with Crippen molar-refractivity contribution in [3.05, 3.63) is 23.8 Å². The Hall–Kier alpha value is -1.29. The van der Waals surface area contributed by atoms with E-state index in [1.165, 1.54) is 31.0 Å². The summed E-state index contributed by atoms with van der Waals surface area (Å²) in [5, 5.41) is 17.1. The molecule has 0 amide bonds. The van der Waals surface area contributed by atoms with E-state index in [0.717, 1.165) is 5.17 Å². The van der Waals surface area contributed by atoms with Crippen LogP contribution in [0.1, 0.15) is 19.4 Å². The number of nitrogens with two attached hydrogens (primary N) is 1. The molecule has 0 bridgehead atoms. The monoisotopic (exact) mass is 359 g/mol. The number of sulfonamides is 1. The molecular weight excluding hydrogens is 338 g/mol. The SMILES string of the molecule is CCN=C1SCC(O)(c2ccc(OC)c(S(N)(=O)=O)c2)N1CC. The molecule has 0 aromatic heterocycles. The number of primary sulfonamides is 1. The first-order valence-electron chi connectivity index (χ1n) is 7.16. The fourth-order valence-electron chi connectivity index (χ4n) is 2.53. The summed E-state index contributed by atoms with van der Waals surface area (Å²) in [6.07, 6.45) is 0. The molecule has 0 radical (unpaired) electrons. The molecule has 7 nitrogen and oxygen atoms in total. The lowest BCUT2D eigenvalue weighted by Crippen LogP contribution is -2.45. The van der Waals surface area contributed by atoms with Crippen LogP contribution in [0.15, 0.2) is 28.1 Å². The molecule has 1 atom stereocenters. The molecule has 0 spiro atoms. The minimum atomic E-state index is -3.96. The number of aliphatic imine (C=N–C) groups is 1.